The standard InChI is InChI=1S/C19H37N5O8/c20-1-10-32-15-16(25)11-21-2-4-22(12-17(26)27)6-8-24(14-19(30)31)9-7-23(5-3-21)13-18(28)29/h16,25H,1-15,20H2,(H,26,27)(H,28,29)(H,30,31). The van der Waals surface area contributed by atoms with Gasteiger partial charge in [-0.25, -0.2) is 0 Å². The van der Waals surface area contributed by atoms with Crippen LogP contribution in [0.25, 0.3) is 0 Å². The summed E-state index contributed by atoms with van der Waals surface area (Å²) >= 11 is 0. The van der Waals surface area contributed by atoms with Crippen molar-refractivity contribution in [3.8, 4) is 0 Å². The van der Waals surface area contributed by atoms with Crippen LogP contribution in [-0.2, 0) is 19.1 Å². The average molecular weight is 464 g/mol. The minimum absolute atomic E-state index is 0.121. The molecule has 32 heavy (non-hydrogen) atoms. The van der Waals surface area contributed by atoms with Crippen LogP contribution in [0.1, 0.15) is 0 Å². The summed E-state index contributed by atoms with van der Waals surface area (Å²) in [6.07, 6.45) is -0.763. The molecule has 0 amide bonds. The normalized spacial score (nSPS) is 19.7. The van der Waals surface area contributed by atoms with E-state index in [9.17, 15) is 29.7 Å². The number of ether oxygens (including phenoxy) is 1. The van der Waals surface area contributed by atoms with E-state index in [0.29, 0.717) is 65.5 Å². The van der Waals surface area contributed by atoms with Gasteiger partial charge in [-0.1, -0.05) is 0 Å². The second-order valence-electron chi connectivity index (χ2n) is 7.83. The van der Waals surface area contributed by atoms with Gasteiger partial charge in [-0.3, -0.25) is 34.0 Å². The van der Waals surface area contributed by atoms with Crippen LogP contribution in [0.5, 0.6) is 0 Å². The zero-order chi connectivity index (χ0) is 23.9. The average Bonchev–Trinajstić information content (AvgIpc) is 2.69. The largest absolute Gasteiger partial charge is 0.480 e. The Morgan fingerprint density at radius 1 is 0.719 bits per heavy atom. The van der Waals surface area contributed by atoms with E-state index in [1.807, 2.05) is 4.90 Å². The number of β-amino-alcohol motifs (C(OH)–C–C–N with tert-alkyl or cyclic N) is 1. The highest BCUT2D eigenvalue weighted by Gasteiger charge is 2.21. The van der Waals surface area contributed by atoms with Crippen LogP contribution in [0.2, 0.25) is 0 Å². The lowest BCUT2D eigenvalue weighted by Gasteiger charge is -2.33. The molecule has 0 aliphatic carbocycles. The molecule has 6 N–H and O–H groups in total. The van der Waals surface area contributed by atoms with Crippen molar-refractivity contribution in [2.24, 2.45) is 5.73 Å². The minimum atomic E-state index is -0.997. The van der Waals surface area contributed by atoms with E-state index in [4.69, 9.17) is 15.6 Å². The maximum absolute atomic E-state index is 11.3. The Morgan fingerprint density at radius 2 is 1.06 bits per heavy atom. The molecule has 1 fully saturated rings. The van der Waals surface area contributed by atoms with Gasteiger partial charge in [-0.2, -0.15) is 0 Å². The van der Waals surface area contributed by atoms with Crippen molar-refractivity contribution in [2.75, 3.05) is 98.3 Å². The number of carbonyl (C=O) groups is 3. The van der Waals surface area contributed by atoms with Crippen molar-refractivity contribution >= 4 is 17.9 Å². The topological polar surface area (TPSA) is 180 Å². The second-order valence-corrected chi connectivity index (χ2v) is 7.83. The molecule has 1 rings (SSSR count). The lowest BCUT2D eigenvalue weighted by atomic mass is 10.3. The van der Waals surface area contributed by atoms with E-state index in [0.717, 1.165) is 0 Å². The Kier molecular flexibility index (Phi) is 14.0. The highest BCUT2D eigenvalue weighted by atomic mass is 16.5. The summed E-state index contributed by atoms with van der Waals surface area (Å²) in [7, 11) is 0. The van der Waals surface area contributed by atoms with E-state index in [1.165, 1.54) is 0 Å². The SMILES string of the molecule is NCCOCC(O)CN1CCN(CC(=O)O)CCN(CC(=O)O)CCN(CC(=O)O)CC1. The van der Waals surface area contributed by atoms with Crippen LogP contribution in [-0.4, -0.2) is 162 Å². The lowest BCUT2D eigenvalue weighted by Crippen LogP contribution is -2.49. The van der Waals surface area contributed by atoms with Gasteiger partial charge < -0.3 is 30.9 Å². The Balaban J connectivity index is 2.88. The molecule has 13 heteroatoms. The number of carboxylic acid groups (broad SMARTS) is 3. The highest BCUT2D eigenvalue weighted by Crippen LogP contribution is 2.03. The molecule has 0 spiro atoms. The number of aliphatic hydroxyl groups excluding tert-OH is 1. The molecular weight excluding hydrogens is 426 g/mol. The van der Waals surface area contributed by atoms with E-state index in [2.05, 4.69) is 0 Å². The molecule has 1 aliphatic heterocycles. The molecular formula is C19H37N5O8. The van der Waals surface area contributed by atoms with Gasteiger partial charge in [0.25, 0.3) is 0 Å². The molecule has 186 valence electrons. The van der Waals surface area contributed by atoms with E-state index in [1.54, 1.807) is 14.7 Å². The Bertz CT molecular complexity index is 550. The maximum Gasteiger partial charge on any atom is 0.317 e. The molecule has 0 aromatic heterocycles. The van der Waals surface area contributed by atoms with Crippen molar-refractivity contribution in [1.29, 1.82) is 0 Å². The summed E-state index contributed by atoms with van der Waals surface area (Å²) in [6.45, 7) is 3.66. The first-order chi connectivity index (χ1) is 15.2. The van der Waals surface area contributed by atoms with Crippen molar-refractivity contribution in [3.05, 3.63) is 0 Å². The number of hydrogen-bond donors (Lipinski definition) is 5. The molecule has 1 aliphatic rings. The van der Waals surface area contributed by atoms with Crippen LogP contribution in [0, 0.1) is 0 Å². The Hall–Kier alpha value is -1.87. The van der Waals surface area contributed by atoms with Crippen LogP contribution >= 0.6 is 0 Å². The van der Waals surface area contributed by atoms with Crippen molar-refractivity contribution < 1.29 is 39.5 Å². The van der Waals surface area contributed by atoms with E-state index < -0.39 is 24.0 Å². The molecule has 1 atom stereocenters. The number of rotatable bonds is 12. The molecule has 0 saturated carbocycles. The van der Waals surface area contributed by atoms with Crippen molar-refractivity contribution in [1.82, 2.24) is 19.6 Å². The van der Waals surface area contributed by atoms with Gasteiger partial charge in [0, 0.05) is 65.4 Å². The summed E-state index contributed by atoms with van der Waals surface area (Å²) in [4.78, 5) is 40.8. The van der Waals surface area contributed by atoms with Gasteiger partial charge in [0.15, 0.2) is 0 Å². The summed E-state index contributed by atoms with van der Waals surface area (Å²) in [5.41, 5.74) is 5.38. The Morgan fingerprint density at radius 3 is 1.38 bits per heavy atom. The van der Waals surface area contributed by atoms with Gasteiger partial charge in [0.1, 0.15) is 0 Å². The third-order valence-corrected chi connectivity index (χ3v) is 5.05. The number of nitrogens with two attached hydrogens (primary N) is 1. The van der Waals surface area contributed by atoms with Gasteiger partial charge in [-0.15, -0.1) is 0 Å². The van der Waals surface area contributed by atoms with E-state index >= 15 is 0 Å². The van der Waals surface area contributed by atoms with Gasteiger partial charge in [0.2, 0.25) is 0 Å². The maximum atomic E-state index is 11.3. The lowest BCUT2D eigenvalue weighted by molar-refractivity contribution is -0.140. The van der Waals surface area contributed by atoms with Gasteiger partial charge >= 0.3 is 17.9 Å². The fourth-order valence-electron chi connectivity index (χ4n) is 3.46. The Labute approximate surface area is 187 Å². The fraction of sp³-hybridized carbons (Fsp3) is 0.842. The summed E-state index contributed by atoms with van der Waals surface area (Å²) < 4.78 is 5.28. The monoisotopic (exact) mass is 463 g/mol. The molecule has 1 saturated heterocycles. The van der Waals surface area contributed by atoms with Crippen LogP contribution in [0.15, 0.2) is 0 Å². The molecule has 0 aromatic rings. The van der Waals surface area contributed by atoms with Crippen molar-refractivity contribution in [3.63, 3.8) is 0 Å². The fourth-order valence-corrected chi connectivity index (χ4v) is 3.46. The zero-order valence-electron chi connectivity index (χ0n) is 18.5. The first-order valence-corrected chi connectivity index (χ1v) is 10.7. The number of carboxylic acids is 3. The summed E-state index contributed by atoms with van der Waals surface area (Å²) in [5.74, 6) is -2.95. The molecule has 13 nitrogen and oxygen atoms in total. The molecule has 0 bridgehead atoms. The summed E-state index contributed by atoms with van der Waals surface area (Å²) in [6, 6.07) is 0. The number of aliphatic carboxylic acids is 3. The minimum Gasteiger partial charge on any atom is -0.480 e. The van der Waals surface area contributed by atoms with E-state index in [-0.39, 0.29) is 32.8 Å². The smallest absolute Gasteiger partial charge is 0.317 e. The van der Waals surface area contributed by atoms with Crippen molar-refractivity contribution in [2.45, 2.75) is 6.10 Å². The predicted octanol–water partition coefficient (Wildman–Crippen LogP) is -3.20. The quantitative estimate of drug-likeness (QED) is 0.183. The van der Waals surface area contributed by atoms with Gasteiger partial charge in [0.05, 0.1) is 39.0 Å². The summed E-state index contributed by atoms with van der Waals surface area (Å²) in [5, 5.41) is 37.9. The second kappa shape index (κ2) is 15.9. The van der Waals surface area contributed by atoms with Gasteiger partial charge in [-0.05, 0) is 0 Å². The predicted molar refractivity (Wildman–Crippen MR) is 115 cm³/mol. The molecule has 0 aromatic carbocycles. The first kappa shape index (κ1) is 28.2. The highest BCUT2D eigenvalue weighted by molar-refractivity contribution is 5.69. The molecule has 1 unspecified atom stereocenters. The van der Waals surface area contributed by atoms with Crippen LogP contribution in [0.4, 0.5) is 0 Å². The first-order valence-electron chi connectivity index (χ1n) is 10.7. The third kappa shape index (κ3) is 13.5. The van der Waals surface area contributed by atoms with Crippen LogP contribution in [0.3, 0.4) is 0 Å². The molecule has 1 heterocycles. The number of nitrogens with zero attached hydrogens (tertiary/aromatic N) is 4. The molecule has 0 radical (unpaired) electrons. The zero-order valence-corrected chi connectivity index (χ0v) is 18.5. The third-order valence-electron chi connectivity index (χ3n) is 5.05. The van der Waals surface area contributed by atoms with Crippen LogP contribution < -0.4 is 5.73 Å². The number of aliphatic hydroxyl groups is 1. The number of hydrogen-bond acceptors (Lipinski definition) is 10.